The second-order valence-corrected chi connectivity index (χ2v) is 4.13. The largest absolute Gasteiger partial charge is 0.307 e. The fraction of sp³-hybridized carbons (Fsp3) is 0.0833. The molecule has 0 aromatic carbocycles. The van der Waals surface area contributed by atoms with Crippen LogP contribution in [-0.2, 0) is 0 Å². The molecule has 3 heterocycles. The first-order chi connectivity index (χ1) is 9.74. The van der Waals surface area contributed by atoms with Crippen LogP contribution in [0.1, 0.15) is 15.9 Å². The standard InChI is InChI=1S/C12H11N7O/c1-8-4-15-18-11(8)17-12(20)9-2-3-10(14-5-9)19-7-13-6-16-19/h2-7H,1H3,(H2,15,17,18,20). The Morgan fingerprint density at radius 2 is 2.25 bits per heavy atom. The number of aromatic amines is 1. The van der Waals surface area contributed by atoms with Crippen LogP contribution in [0, 0.1) is 6.92 Å². The van der Waals surface area contributed by atoms with Gasteiger partial charge in [0.2, 0.25) is 0 Å². The number of hydrogen-bond acceptors (Lipinski definition) is 5. The number of pyridine rings is 1. The van der Waals surface area contributed by atoms with E-state index in [9.17, 15) is 4.79 Å². The summed E-state index contributed by atoms with van der Waals surface area (Å²) in [7, 11) is 0. The lowest BCUT2D eigenvalue weighted by Gasteiger charge is -2.04. The summed E-state index contributed by atoms with van der Waals surface area (Å²) < 4.78 is 1.51. The van der Waals surface area contributed by atoms with E-state index in [4.69, 9.17) is 0 Å². The van der Waals surface area contributed by atoms with Crippen molar-refractivity contribution in [2.24, 2.45) is 0 Å². The van der Waals surface area contributed by atoms with Gasteiger partial charge in [0.05, 0.1) is 11.8 Å². The molecule has 0 aliphatic heterocycles. The maximum Gasteiger partial charge on any atom is 0.258 e. The fourth-order valence-electron chi connectivity index (χ4n) is 1.64. The lowest BCUT2D eigenvalue weighted by molar-refractivity contribution is 0.102. The number of carbonyl (C=O) groups excluding carboxylic acids is 1. The van der Waals surface area contributed by atoms with Crippen LogP contribution in [-0.4, -0.2) is 35.9 Å². The smallest absolute Gasteiger partial charge is 0.258 e. The molecular formula is C12H11N7O. The zero-order chi connectivity index (χ0) is 13.9. The van der Waals surface area contributed by atoms with E-state index in [0.717, 1.165) is 5.56 Å². The number of anilines is 1. The minimum atomic E-state index is -0.255. The predicted octanol–water partition coefficient (Wildman–Crippen LogP) is 0.946. The quantitative estimate of drug-likeness (QED) is 0.737. The Labute approximate surface area is 113 Å². The molecule has 0 saturated carbocycles. The second kappa shape index (κ2) is 4.92. The first-order valence-corrected chi connectivity index (χ1v) is 5.86. The van der Waals surface area contributed by atoms with Gasteiger partial charge in [0.25, 0.3) is 5.91 Å². The molecule has 0 aliphatic carbocycles. The number of nitrogens with zero attached hydrogens (tertiary/aromatic N) is 5. The van der Waals surface area contributed by atoms with Crippen LogP contribution in [0.25, 0.3) is 5.82 Å². The maximum atomic E-state index is 12.0. The van der Waals surface area contributed by atoms with E-state index in [1.54, 1.807) is 18.3 Å². The van der Waals surface area contributed by atoms with Crippen LogP contribution < -0.4 is 5.32 Å². The van der Waals surface area contributed by atoms with Gasteiger partial charge >= 0.3 is 0 Å². The number of amides is 1. The molecule has 8 nitrogen and oxygen atoms in total. The molecule has 3 aromatic rings. The van der Waals surface area contributed by atoms with Crippen LogP contribution in [0.2, 0.25) is 0 Å². The van der Waals surface area contributed by atoms with E-state index >= 15 is 0 Å². The average Bonchev–Trinajstić information content (AvgIpc) is 3.12. The second-order valence-electron chi connectivity index (χ2n) is 4.13. The Hall–Kier alpha value is -3.03. The normalized spacial score (nSPS) is 10.4. The highest BCUT2D eigenvalue weighted by Crippen LogP contribution is 2.11. The van der Waals surface area contributed by atoms with Crippen molar-refractivity contribution in [3.05, 3.63) is 48.3 Å². The van der Waals surface area contributed by atoms with E-state index in [1.165, 1.54) is 23.5 Å². The van der Waals surface area contributed by atoms with E-state index in [1.807, 2.05) is 6.92 Å². The third-order valence-electron chi connectivity index (χ3n) is 2.73. The Morgan fingerprint density at radius 1 is 1.35 bits per heavy atom. The Bertz CT molecular complexity index is 715. The van der Waals surface area contributed by atoms with Gasteiger partial charge in [-0.15, -0.1) is 0 Å². The summed E-state index contributed by atoms with van der Waals surface area (Å²) in [6, 6.07) is 3.37. The summed E-state index contributed by atoms with van der Waals surface area (Å²) in [5.74, 6) is 0.919. The molecule has 100 valence electrons. The number of aromatic nitrogens is 6. The fourth-order valence-corrected chi connectivity index (χ4v) is 1.64. The van der Waals surface area contributed by atoms with Crippen LogP contribution in [0.15, 0.2) is 37.2 Å². The van der Waals surface area contributed by atoms with Crippen molar-refractivity contribution in [3.8, 4) is 5.82 Å². The molecule has 0 fully saturated rings. The number of carbonyl (C=O) groups is 1. The lowest BCUT2D eigenvalue weighted by Crippen LogP contribution is -2.13. The Kier molecular flexibility index (Phi) is 2.96. The summed E-state index contributed by atoms with van der Waals surface area (Å²) in [5.41, 5.74) is 1.31. The van der Waals surface area contributed by atoms with Crippen molar-refractivity contribution < 1.29 is 4.79 Å². The van der Waals surface area contributed by atoms with Crippen molar-refractivity contribution in [2.75, 3.05) is 5.32 Å². The lowest BCUT2D eigenvalue weighted by atomic mass is 10.2. The van der Waals surface area contributed by atoms with Crippen molar-refractivity contribution in [2.45, 2.75) is 6.92 Å². The van der Waals surface area contributed by atoms with E-state index in [0.29, 0.717) is 17.2 Å². The van der Waals surface area contributed by atoms with Crippen LogP contribution in [0.5, 0.6) is 0 Å². The molecule has 2 N–H and O–H groups in total. The summed E-state index contributed by atoms with van der Waals surface area (Å²) in [4.78, 5) is 20.0. The average molecular weight is 269 g/mol. The Morgan fingerprint density at radius 3 is 2.85 bits per heavy atom. The van der Waals surface area contributed by atoms with Crippen LogP contribution in [0.4, 0.5) is 5.82 Å². The molecule has 0 saturated heterocycles. The minimum absolute atomic E-state index is 0.255. The van der Waals surface area contributed by atoms with Gasteiger partial charge in [0.1, 0.15) is 18.5 Å². The van der Waals surface area contributed by atoms with E-state index in [2.05, 4.69) is 30.6 Å². The van der Waals surface area contributed by atoms with Gasteiger partial charge < -0.3 is 5.32 Å². The number of aryl methyl sites for hydroxylation is 1. The number of rotatable bonds is 3. The molecule has 0 spiro atoms. The molecule has 0 bridgehead atoms. The number of nitrogens with one attached hydrogen (secondary N) is 2. The summed E-state index contributed by atoms with van der Waals surface area (Å²) in [6.45, 7) is 1.85. The van der Waals surface area contributed by atoms with Crippen molar-refractivity contribution in [1.29, 1.82) is 0 Å². The van der Waals surface area contributed by atoms with Gasteiger partial charge in [-0.25, -0.2) is 14.6 Å². The van der Waals surface area contributed by atoms with Crippen LogP contribution in [0.3, 0.4) is 0 Å². The van der Waals surface area contributed by atoms with Gasteiger partial charge in [0, 0.05) is 11.8 Å². The highest BCUT2D eigenvalue weighted by atomic mass is 16.1. The highest BCUT2D eigenvalue weighted by molar-refractivity contribution is 6.03. The summed E-state index contributed by atoms with van der Waals surface area (Å²) in [6.07, 6.45) is 6.08. The highest BCUT2D eigenvalue weighted by Gasteiger charge is 2.09. The van der Waals surface area contributed by atoms with E-state index in [-0.39, 0.29) is 5.91 Å². The molecular weight excluding hydrogens is 258 g/mol. The third kappa shape index (κ3) is 2.26. The molecule has 3 rings (SSSR count). The summed E-state index contributed by atoms with van der Waals surface area (Å²) in [5, 5.41) is 13.2. The first-order valence-electron chi connectivity index (χ1n) is 5.86. The molecule has 8 heteroatoms. The molecule has 0 aliphatic rings. The number of H-pyrrole nitrogens is 1. The molecule has 0 radical (unpaired) electrons. The molecule has 20 heavy (non-hydrogen) atoms. The van der Waals surface area contributed by atoms with Gasteiger partial charge in [-0.05, 0) is 19.1 Å². The zero-order valence-corrected chi connectivity index (χ0v) is 10.6. The summed E-state index contributed by atoms with van der Waals surface area (Å²) >= 11 is 0. The van der Waals surface area contributed by atoms with Gasteiger partial charge in [-0.1, -0.05) is 0 Å². The molecule has 0 unspecified atom stereocenters. The van der Waals surface area contributed by atoms with Crippen molar-refractivity contribution in [1.82, 2.24) is 29.9 Å². The SMILES string of the molecule is Cc1cn[nH]c1NC(=O)c1ccc(-n2cncn2)nc1. The molecule has 0 atom stereocenters. The molecule has 1 amide bonds. The number of hydrogen-bond donors (Lipinski definition) is 2. The van der Waals surface area contributed by atoms with Crippen molar-refractivity contribution >= 4 is 11.7 Å². The maximum absolute atomic E-state index is 12.0. The monoisotopic (exact) mass is 269 g/mol. The predicted molar refractivity (Wildman–Crippen MR) is 70.4 cm³/mol. The van der Waals surface area contributed by atoms with Gasteiger partial charge in [0.15, 0.2) is 5.82 Å². The zero-order valence-electron chi connectivity index (χ0n) is 10.6. The van der Waals surface area contributed by atoms with Crippen molar-refractivity contribution in [3.63, 3.8) is 0 Å². The third-order valence-corrected chi connectivity index (χ3v) is 2.73. The van der Waals surface area contributed by atoms with Crippen LogP contribution >= 0.6 is 0 Å². The van der Waals surface area contributed by atoms with E-state index < -0.39 is 0 Å². The molecule has 3 aromatic heterocycles. The minimum Gasteiger partial charge on any atom is -0.307 e. The van der Waals surface area contributed by atoms with Gasteiger partial charge in [-0.2, -0.15) is 10.2 Å². The van der Waals surface area contributed by atoms with Gasteiger partial charge in [-0.3, -0.25) is 9.89 Å². The Balaban J connectivity index is 1.78. The topological polar surface area (TPSA) is 101 Å². The first kappa shape index (κ1) is 12.0.